The molecule has 2 N–H and O–H groups in total. The van der Waals surface area contributed by atoms with E-state index in [1.54, 1.807) is 0 Å². The van der Waals surface area contributed by atoms with Crippen LogP contribution in [0.25, 0.3) is 0 Å². The highest BCUT2D eigenvalue weighted by Crippen LogP contribution is 2.15. The molecule has 2 rings (SSSR count). The van der Waals surface area contributed by atoms with Crippen LogP contribution in [0, 0.1) is 11.3 Å². The first kappa shape index (κ1) is 14.0. The van der Waals surface area contributed by atoms with Crippen molar-refractivity contribution in [1.82, 2.24) is 4.72 Å². The summed E-state index contributed by atoms with van der Waals surface area (Å²) < 4.78 is 31.8. The predicted octanol–water partition coefficient (Wildman–Crippen LogP) is -0.0136. The molecule has 0 aliphatic carbocycles. The number of aliphatic hydroxyl groups is 1. The van der Waals surface area contributed by atoms with Gasteiger partial charge in [0.15, 0.2) is 0 Å². The van der Waals surface area contributed by atoms with Crippen molar-refractivity contribution in [2.45, 2.75) is 23.5 Å². The van der Waals surface area contributed by atoms with Crippen molar-refractivity contribution >= 4 is 10.0 Å². The van der Waals surface area contributed by atoms with Crippen LogP contribution in [0.2, 0.25) is 0 Å². The topological polar surface area (TPSA) is 99.4 Å². The average molecular weight is 282 g/mol. The van der Waals surface area contributed by atoms with Gasteiger partial charge in [0.1, 0.15) is 0 Å². The van der Waals surface area contributed by atoms with E-state index in [0.29, 0.717) is 13.0 Å². The maximum Gasteiger partial charge on any atom is 0.240 e. The first-order valence-electron chi connectivity index (χ1n) is 5.81. The number of ether oxygens (including phenoxy) is 1. The maximum absolute atomic E-state index is 12.1. The van der Waals surface area contributed by atoms with Gasteiger partial charge in [0, 0.05) is 6.61 Å². The van der Waals surface area contributed by atoms with Gasteiger partial charge in [0.2, 0.25) is 10.0 Å². The number of benzene rings is 1. The summed E-state index contributed by atoms with van der Waals surface area (Å²) in [5.74, 6) is 0. The summed E-state index contributed by atoms with van der Waals surface area (Å²) in [6.07, 6.45) is -0.444. The van der Waals surface area contributed by atoms with Crippen molar-refractivity contribution in [3.8, 4) is 6.07 Å². The first-order valence-corrected chi connectivity index (χ1v) is 7.29. The van der Waals surface area contributed by atoms with Gasteiger partial charge in [-0.15, -0.1) is 0 Å². The third-order valence-electron chi connectivity index (χ3n) is 2.91. The lowest BCUT2D eigenvalue weighted by Gasteiger charge is -2.28. The van der Waals surface area contributed by atoms with Gasteiger partial charge >= 0.3 is 0 Å². The summed E-state index contributed by atoms with van der Waals surface area (Å²) in [6.45, 7) is 0.522. The van der Waals surface area contributed by atoms with E-state index < -0.39 is 22.2 Å². The number of rotatable bonds is 3. The molecule has 1 aliphatic rings. The SMILES string of the molecule is N#Cc1cccc(S(=O)(=O)N[C@@H]2CCOC[C@H]2O)c1. The van der Waals surface area contributed by atoms with Crippen LogP contribution in [-0.2, 0) is 14.8 Å². The molecule has 6 nitrogen and oxygen atoms in total. The summed E-state index contributed by atoms with van der Waals surface area (Å²) in [6, 6.07) is 7.07. The van der Waals surface area contributed by atoms with Crippen molar-refractivity contribution in [3.63, 3.8) is 0 Å². The summed E-state index contributed by atoms with van der Waals surface area (Å²) in [4.78, 5) is 0.0187. The Bertz CT molecular complexity index is 594. The van der Waals surface area contributed by atoms with E-state index >= 15 is 0 Å². The lowest BCUT2D eigenvalue weighted by molar-refractivity contribution is -0.0222. The molecule has 0 saturated carbocycles. The molecule has 1 heterocycles. The summed E-state index contributed by atoms with van der Waals surface area (Å²) >= 11 is 0. The molecular weight excluding hydrogens is 268 g/mol. The minimum Gasteiger partial charge on any atom is -0.389 e. The second-order valence-corrected chi connectivity index (χ2v) is 6.01. The molecule has 0 radical (unpaired) electrons. The van der Waals surface area contributed by atoms with E-state index in [1.165, 1.54) is 24.3 Å². The smallest absolute Gasteiger partial charge is 0.240 e. The van der Waals surface area contributed by atoms with Crippen LogP contribution in [-0.4, -0.2) is 38.9 Å². The Morgan fingerprint density at radius 3 is 2.95 bits per heavy atom. The van der Waals surface area contributed by atoms with Crippen LogP contribution in [0.5, 0.6) is 0 Å². The predicted molar refractivity (Wildman–Crippen MR) is 66.7 cm³/mol. The monoisotopic (exact) mass is 282 g/mol. The second-order valence-electron chi connectivity index (χ2n) is 4.30. The molecule has 102 valence electrons. The number of nitrogens with zero attached hydrogens (tertiary/aromatic N) is 1. The lowest BCUT2D eigenvalue weighted by Crippen LogP contribution is -2.48. The molecule has 0 spiro atoms. The van der Waals surface area contributed by atoms with E-state index in [1.807, 2.05) is 6.07 Å². The Hall–Kier alpha value is -1.46. The Morgan fingerprint density at radius 2 is 2.26 bits per heavy atom. The molecule has 0 bridgehead atoms. The number of hydrogen-bond acceptors (Lipinski definition) is 5. The molecule has 1 aromatic carbocycles. The van der Waals surface area contributed by atoms with Crippen LogP contribution >= 0.6 is 0 Å². The van der Waals surface area contributed by atoms with Gasteiger partial charge in [-0.25, -0.2) is 13.1 Å². The fourth-order valence-electron chi connectivity index (χ4n) is 1.86. The number of hydrogen-bond donors (Lipinski definition) is 2. The lowest BCUT2D eigenvalue weighted by atomic mass is 10.1. The molecule has 7 heteroatoms. The number of nitrogens with one attached hydrogen (secondary N) is 1. The molecule has 2 atom stereocenters. The van der Waals surface area contributed by atoms with Crippen molar-refractivity contribution in [1.29, 1.82) is 5.26 Å². The van der Waals surface area contributed by atoms with Gasteiger partial charge < -0.3 is 9.84 Å². The van der Waals surface area contributed by atoms with E-state index in [4.69, 9.17) is 10.00 Å². The van der Waals surface area contributed by atoms with Crippen LogP contribution in [0.15, 0.2) is 29.2 Å². The van der Waals surface area contributed by atoms with Crippen LogP contribution < -0.4 is 4.72 Å². The molecule has 1 fully saturated rings. The first-order chi connectivity index (χ1) is 9.03. The van der Waals surface area contributed by atoms with Crippen molar-refractivity contribution in [2.24, 2.45) is 0 Å². The largest absolute Gasteiger partial charge is 0.389 e. The highest BCUT2D eigenvalue weighted by atomic mass is 32.2. The molecule has 1 saturated heterocycles. The van der Waals surface area contributed by atoms with Crippen LogP contribution in [0.3, 0.4) is 0 Å². The Labute approximate surface area is 111 Å². The minimum absolute atomic E-state index is 0.0187. The van der Waals surface area contributed by atoms with Crippen LogP contribution in [0.1, 0.15) is 12.0 Å². The summed E-state index contributed by atoms with van der Waals surface area (Å²) in [5.41, 5.74) is 0.274. The third kappa shape index (κ3) is 3.30. The fraction of sp³-hybridized carbons (Fsp3) is 0.417. The van der Waals surface area contributed by atoms with Crippen molar-refractivity contribution in [2.75, 3.05) is 13.2 Å². The zero-order valence-corrected chi connectivity index (χ0v) is 10.9. The molecule has 0 aromatic heterocycles. The van der Waals surface area contributed by atoms with E-state index in [2.05, 4.69) is 4.72 Å². The van der Waals surface area contributed by atoms with Crippen molar-refractivity contribution < 1.29 is 18.3 Å². The average Bonchev–Trinajstić information content (AvgIpc) is 2.41. The quantitative estimate of drug-likeness (QED) is 0.812. The molecule has 1 aliphatic heterocycles. The van der Waals surface area contributed by atoms with Gasteiger partial charge in [0.25, 0.3) is 0 Å². The van der Waals surface area contributed by atoms with Crippen LogP contribution in [0.4, 0.5) is 0 Å². The molecule has 19 heavy (non-hydrogen) atoms. The van der Waals surface area contributed by atoms with E-state index in [0.717, 1.165) is 0 Å². The number of aliphatic hydroxyl groups excluding tert-OH is 1. The standard InChI is InChI=1S/C12H14N2O4S/c13-7-9-2-1-3-10(6-9)19(16,17)14-11-4-5-18-8-12(11)15/h1-3,6,11-12,14-15H,4-5,8H2/t11-,12-/m1/s1. The van der Waals surface area contributed by atoms with Crippen molar-refractivity contribution in [3.05, 3.63) is 29.8 Å². The molecular formula is C12H14N2O4S. The fourth-order valence-corrected chi connectivity index (χ4v) is 3.21. The van der Waals surface area contributed by atoms with E-state index in [-0.39, 0.29) is 17.1 Å². The molecule has 0 unspecified atom stereocenters. The zero-order valence-electron chi connectivity index (χ0n) is 10.1. The summed E-state index contributed by atoms with van der Waals surface area (Å²) in [7, 11) is -3.74. The van der Waals surface area contributed by atoms with Gasteiger partial charge in [-0.05, 0) is 24.6 Å². The minimum atomic E-state index is -3.74. The molecule has 0 amide bonds. The number of sulfonamides is 1. The Balaban J connectivity index is 2.20. The Morgan fingerprint density at radius 1 is 1.47 bits per heavy atom. The summed E-state index contributed by atoms with van der Waals surface area (Å²) in [5, 5.41) is 18.4. The highest BCUT2D eigenvalue weighted by molar-refractivity contribution is 7.89. The van der Waals surface area contributed by atoms with Gasteiger partial charge in [-0.1, -0.05) is 6.07 Å². The Kier molecular flexibility index (Phi) is 4.17. The zero-order chi connectivity index (χ0) is 13.9. The molecule has 1 aromatic rings. The van der Waals surface area contributed by atoms with Gasteiger partial charge in [0.05, 0.1) is 35.3 Å². The number of nitriles is 1. The van der Waals surface area contributed by atoms with Gasteiger partial charge in [-0.3, -0.25) is 0 Å². The van der Waals surface area contributed by atoms with E-state index in [9.17, 15) is 13.5 Å². The highest BCUT2D eigenvalue weighted by Gasteiger charge is 2.28. The maximum atomic E-state index is 12.1. The second kappa shape index (κ2) is 5.67. The van der Waals surface area contributed by atoms with Gasteiger partial charge in [-0.2, -0.15) is 5.26 Å². The third-order valence-corrected chi connectivity index (χ3v) is 4.39. The normalized spacial score (nSPS) is 23.8.